The van der Waals surface area contributed by atoms with Gasteiger partial charge in [-0.15, -0.1) is 0 Å². The summed E-state index contributed by atoms with van der Waals surface area (Å²) >= 11 is 7.10. The van der Waals surface area contributed by atoms with Gasteiger partial charge < -0.3 is 4.98 Å². The van der Waals surface area contributed by atoms with Crippen LogP contribution in [0.15, 0.2) is 35.0 Å². The lowest BCUT2D eigenvalue weighted by atomic mass is 10.6. The summed E-state index contributed by atoms with van der Waals surface area (Å²) in [6.07, 6.45) is 4.65. The summed E-state index contributed by atoms with van der Waals surface area (Å²) in [5, 5.41) is 1.69. The molecular weight excluding hydrogens is 260 g/mol. The standard InChI is InChI=1S/C9H5ClN6S/c10-9-11-2-1-5(16-9)17-8-6-7(13-3-12-6)14-4-15-8/h1-4H,(H,12,13,14,15). The Kier molecular flexibility index (Phi) is 2.62. The quantitative estimate of drug-likeness (QED) is 0.563. The molecule has 0 unspecified atom stereocenters. The zero-order valence-corrected chi connectivity index (χ0v) is 9.90. The van der Waals surface area contributed by atoms with Crippen LogP contribution in [0, 0.1) is 0 Å². The molecule has 0 aliphatic carbocycles. The molecule has 0 amide bonds. The van der Waals surface area contributed by atoms with Crippen LogP contribution in [0.1, 0.15) is 0 Å². The van der Waals surface area contributed by atoms with Crippen molar-refractivity contribution >= 4 is 34.5 Å². The highest BCUT2D eigenvalue weighted by Crippen LogP contribution is 2.28. The summed E-state index contributed by atoms with van der Waals surface area (Å²) in [4.78, 5) is 23.2. The van der Waals surface area contributed by atoms with Gasteiger partial charge in [-0.2, -0.15) is 0 Å². The maximum absolute atomic E-state index is 5.72. The molecule has 0 aliphatic heterocycles. The fraction of sp³-hybridized carbons (Fsp3) is 0. The number of fused-ring (bicyclic) bond motifs is 1. The molecule has 6 nitrogen and oxygen atoms in total. The zero-order valence-electron chi connectivity index (χ0n) is 8.33. The van der Waals surface area contributed by atoms with Crippen molar-refractivity contribution in [1.82, 2.24) is 29.9 Å². The van der Waals surface area contributed by atoms with E-state index in [4.69, 9.17) is 11.6 Å². The van der Waals surface area contributed by atoms with E-state index >= 15 is 0 Å². The monoisotopic (exact) mass is 264 g/mol. The van der Waals surface area contributed by atoms with Gasteiger partial charge in [0.2, 0.25) is 5.28 Å². The third-order valence-electron chi connectivity index (χ3n) is 1.99. The van der Waals surface area contributed by atoms with Gasteiger partial charge in [0, 0.05) is 6.20 Å². The topological polar surface area (TPSA) is 80.2 Å². The molecule has 1 N–H and O–H groups in total. The Hall–Kier alpha value is -1.73. The van der Waals surface area contributed by atoms with Crippen molar-refractivity contribution in [2.24, 2.45) is 0 Å². The molecule has 0 saturated heterocycles. The van der Waals surface area contributed by atoms with Crippen LogP contribution in [0.5, 0.6) is 0 Å². The van der Waals surface area contributed by atoms with E-state index in [1.54, 1.807) is 18.6 Å². The average Bonchev–Trinajstić information content (AvgIpc) is 2.78. The van der Waals surface area contributed by atoms with Gasteiger partial charge in [0.25, 0.3) is 0 Å². The van der Waals surface area contributed by atoms with Crippen molar-refractivity contribution in [3.05, 3.63) is 30.2 Å². The van der Waals surface area contributed by atoms with Crippen molar-refractivity contribution < 1.29 is 0 Å². The van der Waals surface area contributed by atoms with Gasteiger partial charge in [-0.3, -0.25) is 0 Å². The summed E-state index contributed by atoms with van der Waals surface area (Å²) in [5.41, 5.74) is 1.41. The second-order valence-corrected chi connectivity index (χ2v) is 4.39. The number of imidazole rings is 1. The smallest absolute Gasteiger partial charge is 0.223 e. The van der Waals surface area contributed by atoms with E-state index in [-0.39, 0.29) is 5.28 Å². The Morgan fingerprint density at radius 1 is 1.18 bits per heavy atom. The number of aromatic nitrogens is 6. The van der Waals surface area contributed by atoms with Crippen LogP contribution < -0.4 is 0 Å². The third-order valence-corrected chi connectivity index (χ3v) is 3.11. The molecule has 0 aliphatic rings. The Balaban J connectivity index is 2.02. The largest absolute Gasteiger partial charge is 0.341 e. The van der Waals surface area contributed by atoms with Crippen molar-refractivity contribution in [3.8, 4) is 0 Å². The normalized spacial score (nSPS) is 10.9. The number of halogens is 1. The first kappa shape index (κ1) is 10.4. The van der Waals surface area contributed by atoms with Crippen LogP contribution in [-0.2, 0) is 0 Å². The summed E-state index contributed by atoms with van der Waals surface area (Å²) in [6, 6.07) is 1.76. The lowest BCUT2D eigenvalue weighted by molar-refractivity contribution is 1.03. The molecule has 0 saturated carbocycles. The maximum Gasteiger partial charge on any atom is 0.223 e. The van der Waals surface area contributed by atoms with Crippen molar-refractivity contribution in [2.75, 3.05) is 0 Å². The summed E-state index contributed by atoms with van der Waals surface area (Å²) in [6.45, 7) is 0. The highest BCUT2D eigenvalue weighted by Gasteiger charge is 2.08. The molecule has 3 heterocycles. The maximum atomic E-state index is 5.72. The van der Waals surface area contributed by atoms with Crippen molar-refractivity contribution in [1.29, 1.82) is 0 Å². The minimum atomic E-state index is 0.213. The molecule has 0 radical (unpaired) electrons. The Labute approximate surface area is 105 Å². The second-order valence-electron chi connectivity index (χ2n) is 3.05. The van der Waals surface area contributed by atoms with Gasteiger partial charge in [0.15, 0.2) is 5.65 Å². The van der Waals surface area contributed by atoms with Gasteiger partial charge in [-0.1, -0.05) is 0 Å². The molecule has 3 aromatic rings. The molecule has 0 spiro atoms. The van der Waals surface area contributed by atoms with Gasteiger partial charge in [-0.05, 0) is 29.4 Å². The van der Waals surface area contributed by atoms with E-state index < -0.39 is 0 Å². The van der Waals surface area contributed by atoms with Crippen molar-refractivity contribution in [2.45, 2.75) is 10.1 Å². The van der Waals surface area contributed by atoms with Crippen LogP contribution in [0.25, 0.3) is 11.2 Å². The van der Waals surface area contributed by atoms with E-state index in [1.165, 1.54) is 18.1 Å². The molecule has 17 heavy (non-hydrogen) atoms. The van der Waals surface area contributed by atoms with Gasteiger partial charge in [0.1, 0.15) is 21.9 Å². The van der Waals surface area contributed by atoms with Crippen LogP contribution in [-0.4, -0.2) is 29.9 Å². The number of aromatic amines is 1. The van der Waals surface area contributed by atoms with Crippen LogP contribution in [0.2, 0.25) is 5.28 Å². The van der Waals surface area contributed by atoms with E-state index in [9.17, 15) is 0 Å². The summed E-state index contributed by atoms with van der Waals surface area (Å²) in [5.74, 6) is 0. The third kappa shape index (κ3) is 2.06. The molecule has 0 atom stereocenters. The average molecular weight is 265 g/mol. The summed E-state index contributed by atoms with van der Waals surface area (Å²) < 4.78 is 0. The minimum Gasteiger partial charge on any atom is -0.341 e. The number of nitrogens with one attached hydrogen (secondary N) is 1. The SMILES string of the molecule is Clc1nccc(Sc2ncnc3nc[nH]c23)n1. The van der Waals surface area contributed by atoms with E-state index in [0.29, 0.717) is 5.65 Å². The predicted octanol–water partition coefficient (Wildman–Crippen LogP) is 1.95. The fourth-order valence-corrected chi connectivity index (χ4v) is 2.30. The first-order chi connectivity index (χ1) is 8.33. The van der Waals surface area contributed by atoms with E-state index in [0.717, 1.165) is 15.6 Å². The molecule has 84 valence electrons. The Bertz CT molecular complexity index is 669. The van der Waals surface area contributed by atoms with Gasteiger partial charge >= 0.3 is 0 Å². The number of nitrogens with zero attached hydrogens (tertiary/aromatic N) is 5. The molecule has 8 heteroatoms. The van der Waals surface area contributed by atoms with Gasteiger partial charge in [-0.25, -0.2) is 24.9 Å². The minimum absolute atomic E-state index is 0.213. The van der Waals surface area contributed by atoms with Crippen LogP contribution in [0.4, 0.5) is 0 Å². The Morgan fingerprint density at radius 2 is 2.12 bits per heavy atom. The first-order valence-electron chi connectivity index (χ1n) is 4.63. The van der Waals surface area contributed by atoms with Crippen molar-refractivity contribution in [3.63, 3.8) is 0 Å². The zero-order chi connectivity index (χ0) is 11.7. The molecular formula is C9H5ClN6S. The molecule has 0 bridgehead atoms. The molecule has 0 aromatic carbocycles. The number of rotatable bonds is 2. The fourth-order valence-electron chi connectivity index (χ4n) is 1.30. The molecule has 3 rings (SSSR count). The lowest BCUT2D eigenvalue weighted by Crippen LogP contribution is -1.88. The molecule has 0 fully saturated rings. The van der Waals surface area contributed by atoms with E-state index in [1.807, 2.05) is 0 Å². The van der Waals surface area contributed by atoms with Gasteiger partial charge in [0.05, 0.1) is 6.33 Å². The van der Waals surface area contributed by atoms with Crippen LogP contribution >= 0.6 is 23.4 Å². The first-order valence-corrected chi connectivity index (χ1v) is 5.83. The Morgan fingerprint density at radius 3 is 3.00 bits per heavy atom. The summed E-state index contributed by atoms with van der Waals surface area (Å²) in [7, 11) is 0. The lowest BCUT2D eigenvalue weighted by Gasteiger charge is -2.00. The highest BCUT2D eigenvalue weighted by molar-refractivity contribution is 7.99. The number of hydrogen-bond acceptors (Lipinski definition) is 6. The van der Waals surface area contributed by atoms with E-state index in [2.05, 4.69) is 29.9 Å². The second kappa shape index (κ2) is 4.27. The number of H-pyrrole nitrogens is 1. The number of hydrogen-bond donors (Lipinski definition) is 1. The predicted molar refractivity (Wildman–Crippen MR) is 62.8 cm³/mol. The molecule has 3 aromatic heterocycles. The highest BCUT2D eigenvalue weighted by atomic mass is 35.5. The van der Waals surface area contributed by atoms with Crippen LogP contribution in [0.3, 0.4) is 0 Å².